The molecule has 1 saturated heterocycles. The lowest BCUT2D eigenvalue weighted by Crippen LogP contribution is -2.45. The molecule has 0 bridgehead atoms. The third kappa shape index (κ3) is 4.39. The summed E-state index contributed by atoms with van der Waals surface area (Å²) in [6.07, 6.45) is 2.37. The highest BCUT2D eigenvalue weighted by atomic mass is 35.5. The number of amides is 1. The van der Waals surface area contributed by atoms with Gasteiger partial charge in [-0.05, 0) is 24.5 Å². The van der Waals surface area contributed by atoms with Crippen LogP contribution in [0.1, 0.15) is 25.3 Å². The van der Waals surface area contributed by atoms with E-state index in [0.717, 1.165) is 24.2 Å². The molecule has 0 spiro atoms. The molecule has 1 heterocycles. The van der Waals surface area contributed by atoms with Crippen molar-refractivity contribution in [1.82, 2.24) is 4.90 Å². The number of carbonyl (C=O) groups excluding carboxylic acids is 1. The lowest BCUT2D eigenvalue weighted by atomic mass is 10.1. The molecule has 1 unspecified atom stereocenters. The summed E-state index contributed by atoms with van der Waals surface area (Å²) in [4.78, 5) is 14.1. The number of nitrogens with zero attached hydrogens (tertiary/aromatic N) is 1. The Morgan fingerprint density at radius 2 is 2.20 bits per heavy atom. The minimum atomic E-state index is 0. The number of aryl methyl sites for hydroxylation is 1. The summed E-state index contributed by atoms with van der Waals surface area (Å²) in [5, 5.41) is 0. The number of rotatable bonds is 4. The number of morpholine rings is 1. The fourth-order valence-electron chi connectivity index (χ4n) is 2.35. The highest BCUT2D eigenvalue weighted by Gasteiger charge is 2.22. The van der Waals surface area contributed by atoms with E-state index in [0.29, 0.717) is 26.0 Å². The second kappa shape index (κ2) is 8.12. The van der Waals surface area contributed by atoms with Crippen LogP contribution >= 0.6 is 12.4 Å². The molecule has 0 saturated carbocycles. The van der Waals surface area contributed by atoms with E-state index in [1.165, 1.54) is 0 Å². The van der Waals surface area contributed by atoms with E-state index in [-0.39, 0.29) is 24.4 Å². The van der Waals surface area contributed by atoms with Gasteiger partial charge in [-0.3, -0.25) is 4.79 Å². The molecule has 2 rings (SSSR count). The molecular weight excluding hydrogens is 276 g/mol. The lowest BCUT2D eigenvalue weighted by molar-refractivity contribution is -0.138. The first-order valence-corrected chi connectivity index (χ1v) is 6.93. The second-order valence-corrected chi connectivity index (χ2v) is 4.94. The molecule has 1 aliphatic heterocycles. The maximum absolute atomic E-state index is 12.2. The number of anilines is 1. The minimum absolute atomic E-state index is 0. The summed E-state index contributed by atoms with van der Waals surface area (Å²) in [7, 11) is 0. The fraction of sp³-hybridized carbons (Fsp3) is 0.533. The summed E-state index contributed by atoms with van der Waals surface area (Å²) in [5.41, 5.74) is 7.70. The van der Waals surface area contributed by atoms with Gasteiger partial charge >= 0.3 is 0 Å². The largest absolute Gasteiger partial charge is 0.399 e. The van der Waals surface area contributed by atoms with Gasteiger partial charge in [-0.1, -0.05) is 25.1 Å². The molecule has 1 atom stereocenters. The Hall–Kier alpha value is -1.26. The normalized spacial score (nSPS) is 18.4. The van der Waals surface area contributed by atoms with E-state index >= 15 is 0 Å². The SMILES string of the molecule is CCC1CN(C(=O)CCc2ccccc2N)CCO1.Cl. The molecule has 0 radical (unpaired) electrons. The molecule has 20 heavy (non-hydrogen) atoms. The summed E-state index contributed by atoms with van der Waals surface area (Å²) in [6.45, 7) is 4.17. The third-order valence-electron chi connectivity index (χ3n) is 3.61. The van der Waals surface area contributed by atoms with E-state index in [1.54, 1.807) is 0 Å². The molecule has 0 aromatic heterocycles. The number of ether oxygens (including phenoxy) is 1. The zero-order valence-corrected chi connectivity index (χ0v) is 12.7. The molecule has 1 fully saturated rings. The highest BCUT2D eigenvalue weighted by Crippen LogP contribution is 2.15. The van der Waals surface area contributed by atoms with E-state index in [4.69, 9.17) is 10.5 Å². The Balaban J connectivity index is 0.00000200. The van der Waals surface area contributed by atoms with Gasteiger partial charge in [-0.15, -0.1) is 12.4 Å². The zero-order valence-electron chi connectivity index (χ0n) is 11.9. The number of nitrogens with two attached hydrogens (primary N) is 1. The van der Waals surface area contributed by atoms with Crippen molar-refractivity contribution >= 4 is 24.0 Å². The van der Waals surface area contributed by atoms with E-state index < -0.39 is 0 Å². The van der Waals surface area contributed by atoms with E-state index in [2.05, 4.69) is 6.92 Å². The van der Waals surface area contributed by atoms with Crippen molar-refractivity contribution in [1.29, 1.82) is 0 Å². The van der Waals surface area contributed by atoms with Crippen LogP contribution in [0.5, 0.6) is 0 Å². The summed E-state index contributed by atoms with van der Waals surface area (Å²) >= 11 is 0. The third-order valence-corrected chi connectivity index (χ3v) is 3.61. The number of halogens is 1. The molecular formula is C15H23ClN2O2. The minimum Gasteiger partial charge on any atom is -0.399 e. The molecule has 5 heteroatoms. The topological polar surface area (TPSA) is 55.6 Å². The first kappa shape index (κ1) is 16.8. The Labute approximate surface area is 126 Å². The predicted molar refractivity (Wildman–Crippen MR) is 83.0 cm³/mol. The number of hydrogen-bond donors (Lipinski definition) is 1. The number of benzene rings is 1. The van der Waals surface area contributed by atoms with Gasteiger partial charge in [0, 0.05) is 25.2 Å². The maximum Gasteiger partial charge on any atom is 0.223 e. The summed E-state index contributed by atoms with van der Waals surface area (Å²) in [6, 6.07) is 7.73. The Morgan fingerprint density at radius 3 is 2.90 bits per heavy atom. The Morgan fingerprint density at radius 1 is 1.45 bits per heavy atom. The molecule has 1 amide bonds. The van der Waals surface area contributed by atoms with Crippen LogP contribution in [0.15, 0.2) is 24.3 Å². The number of nitrogen functional groups attached to an aromatic ring is 1. The van der Waals surface area contributed by atoms with E-state index in [9.17, 15) is 4.79 Å². The Bertz CT molecular complexity index is 440. The van der Waals surface area contributed by atoms with Crippen molar-refractivity contribution < 1.29 is 9.53 Å². The number of hydrogen-bond acceptors (Lipinski definition) is 3. The van der Waals surface area contributed by atoms with Gasteiger partial charge in [-0.25, -0.2) is 0 Å². The van der Waals surface area contributed by atoms with Gasteiger partial charge in [0.2, 0.25) is 5.91 Å². The van der Waals surface area contributed by atoms with Crippen molar-refractivity contribution in [2.24, 2.45) is 0 Å². The molecule has 1 aromatic carbocycles. The zero-order chi connectivity index (χ0) is 13.7. The van der Waals surface area contributed by atoms with Gasteiger partial charge in [0.25, 0.3) is 0 Å². The van der Waals surface area contributed by atoms with Crippen LogP contribution in [-0.2, 0) is 16.0 Å². The van der Waals surface area contributed by atoms with Gasteiger partial charge in [0.05, 0.1) is 12.7 Å². The van der Waals surface area contributed by atoms with Crippen LogP contribution in [0.4, 0.5) is 5.69 Å². The van der Waals surface area contributed by atoms with Gasteiger partial charge in [-0.2, -0.15) is 0 Å². The second-order valence-electron chi connectivity index (χ2n) is 4.94. The van der Waals surface area contributed by atoms with Crippen LogP contribution < -0.4 is 5.73 Å². The van der Waals surface area contributed by atoms with Crippen molar-refractivity contribution in [3.63, 3.8) is 0 Å². The molecule has 1 aromatic rings. The monoisotopic (exact) mass is 298 g/mol. The summed E-state index contributed by atoms with van der Waals surface area (Å²) in [5.74, 6) is 0.199. The van der Waals surface area contributed by atoms with Crippen molar-refractivity contribution in [3.05, 3.63) is 29.8 Å². The fourth-order valence-corrected chi connectivity index (χ4v) is 2.35. The first-order valence-electron chi connectivity index (χ1n) is 6.93. The van der Waals surface area contributed by atoms with Gasteiger partial charge < -0.3 is 15.4 Å². The van der Waals surface area contributed by atoms with Crippen LogP contribution in [0.3, 0.4) is 0 Å². The quantitative estimate of drug-likeness (QED) is 0.868. The highest BCUT2D eigenvalue weighted by molar-refractivity contribution is 5.85. The molecule has 2 N–H and O–H groups in total. The van der Waals surface area contributed by atoms with Crippen LogP contribution in [0.2, 0.25) is 0 Å². The maximum atomic E-state index is 12.2. The lowest BCUT2D eigenvalue weighted by Gasteiger charge is -2.32. The van der Waals surface area contributed by atoms with Crippen molar-refractivity contribution in [2.45, 2.75) is 32.3 Å². The molecule has 112 valence electrons. The average molecular weight is 299 g/mol. The predicted octanol–water partition coefficient (Wildman–Crippen LogP) is 2.26. The molecule has 4 nitrogen and oxygen atoms in total. The number of carbonyl (C=O) groups is 1. The van der Waals surface area contributed by atoms with Crippen molar-refractivity contribution in [2.75, 3.05) is 25.4 Å². The smallest absolute Gasteiger partial charge is 0.223 e. The number of para-hydroxylation sites is 1. The standard InChI is InChI=1S/C15H22N2O2.ClH/c1-2-13-11-17(9-10-19-13)15(18)8-7-12-5-3-4-6-14(12)16;/h3-6,13H,2,7-11,16H2,1H3;1H. The van der Waals surface area contributed by atoms with Crippen molar-refractivity contribution in [3.8, 4) is 0 Å². The molecule has 1 aliphatic rings. The van der Waals surface area contributed by atoms with Gasteiger partial charge in [0.15, 0.2) is 0 Å². The van der Waals surface area contributed by atoms with Gasteiger partial charge in [0.1, 0.15) is 0 Å². The average Bonchev–Trinajstić information content (AvgIpc) is 2.46. The first-order chi connectivity index (χ1) is 9.20. The van der Waals surface area contributed by atoms with Crippen LogP contribution in [0, 0.1) is 0 Å². The van der Waals surface area contributed by atoms with E-state index in [1.807, 2.05) is 29.2 Å². The van der Waals surface area contributed by atoms with Crippen LogP contribution in [-0.4, -0.2) is 36.6 Å². The summed E-state index contributed by atoms with van der Waals surface area (Å²) < 4.78 is 5.58. The van der Waals surface area contributed by atoms with Crippen LogP contribution in [0.25, 0.3) is 0 Å². The molecule has 0 aliphatic carbocycles. The Kier molecular flexibility index (Phi) is 6.82.